The number of hydrogen-bond donors (Lipinski definition) is 12. The van der Waals surface area contributed by atoms with Crippen molar-refractivity contribution >= 4 is 81.9 Å². The van der Waals surface area contributed by atoms with Gasteiger partial charge in [0.05, 0.1) is 57.4 Å². The number of thioether (sulfide) groups is 1. The number of carbonyl (C=O) groups is 10. The number of aromatic amines is 1. The molecule has 494 valence electrons. The number of unbranched alkanes of at least 4 members (excludes halogenated alkanes) is 1. The molecular formula is C60H82FN15O14S. The van der Waals surface area contributed by atoms with E-state index in [4.69, 9.17) is 19.9 Å². The number of amides is 11. The molecule has 2 aromatic carbocycles. The average molecular weight is 1290 g/mol. The number of para-hydroxylation sites is 1. The molecule has 3 fully saturated rings. The molecule has 0 aliphatic carbocycles. The summed E-state index contributed by atoms with van der Waals surface area (Å²) in [7, 11) is 0. The second-order valence-electron chi connectivity index (χ2n) is 22.9. The number of nitrogens with two attached hydrogens (primary N) is 1. The van der Waals surface area contributed by atoms with Gasteiger partial charge in [-0.3, -0.25) is 47.8 Å². The van der Waals surface area contributed by atoms with Crippen LogP contribution in [0, 0.1) is 5.82 Å². The first-order valence-electron chi connectivity index (χ1n) is 30.8. The van der Waals surface area contributed by atoms with E-state index in [1.807, 2.05) is 30.0 Å². The molecule has 91 heavy (non-hydrogen) atoms. The van der Waals surface area contributed by atoms with Crippen LogP contribution in [0.5, 0.6) is 0 Å². The highest BCUT2D eigenvalue weighted by atomic mass is 32.2. The quantitative estimate of drug-likeness (QED) is 0.0294. The fraction of sp³-hybridized carbons (Fsp3) is 0.567. The minimum absolute atomic E-state index is 0.0123. The number of halogens is 1. The van der Waals surface area contributed by atoms with Crippen molar-refractivity contribution in [3.63, 3.8) is 0 Å². The molecule has 0 radical (unpaired) electrons. The molecule has 13 N–H and O–H groups in total. The number of aromatic nitrogens is 4. The molecule has 4 aliphatic rings. The number of H-pyrrole nitrogens is 1. The smallest absolute Gasteiger partial charge is 0.315 e. The van der Waals surface area contributed by atoms with E-state index < -0.39 is 109 Å². The van der Waals surface area contributed by atoms with Gasteiger partial charge in [-0.2, -0.15) is 11.8 Å². The molecule has 4 aromatic rings. The number of benzene rings is 2. The van der Waals surface area contributed by atoms with Gasteiger partial charge in [-0.15, -0.1) is 5.10 Å². The Labute approximate surface area is 528 Å². The molecule has 29 nitrogen and oxygen atoms in total. The van der Waals surface area contributed by atoms with Crippen molar-refractivity contribution in [1.82, 2.24) is 72.7 Å². The van der Waals surface area contributed by atoms with Gasteiger partial charge in [0.15, 0.2) is 0 Å². The van der Waals surface area contributed by atoms with Gasteiger partial charge in [-0.25, -0.2) is 9.18 Å². The van der Waals surface area contributed by atoms with E-state index >= 15 is 0 Å². The third-order valence-corrected chi connectivity index (χ3v) is 17.7. The number of nitrogens with zero attached hydrogens (tertiary/aromatic N) is 4. The minimum atomic E-state index is -1.61. The van der Waals surface area contributed by atoms with Crippen LogP contribution < -0.4 is 53.6 Å². The maximum absolute atomic E-state index is 14.4. The number of rotatable bonds is 23. The van der Waals surface area contributed by atoms with E-state index in [-0.39, 0.29) is 108 Å². The van der Waals surface area contributed by atoms with Crippen LogP contribution in [0.4, 0.5) is 9.18 Å². The number of fused-ring (bicyclic) bond motifs is 5. The predicted molar refractivity (Wildman–Crippen MR) is 327 cm³/mol. The van der Waals surface area contributed by atoms with Crippen LogP contribution in [0.2, 0.25) is 0 Å². The van der Waals surface area contributed by atoms with E-state index in [1.54, 1.807) is 12.3 Å². The Morgan fingerprint density at radius 1 is 0.758 bits per heavy atom. The lowest BCUT2D eigenvalue weighted by Crippen LogP contribution is -2.60. The van der Waals surface area contributed by atoms with E-state index in [2.05, 4.69) is 63.1 Å². The van der Waals surface area contributed by atoms with Crippen molar-refractivity contribution in [2.75, 3.05) is 65.1 Å². The molecule has 2 bridgehead atoms. The number of hydrogen-bond acceptors (Lipinski definition) is 17. The molecular weight excluding hydrogens is 1210 g/mol. The Morgan fingerprint density at radius 2 is 1.48 bits per heavy atom. The molecule has 0 saturated carbocycles. The SMILES string of the molecule is C[C@H]1NC(=O)[C@@H](Cc2c[nH]c3ccccc23)NC(=O)[C@H]2CCCN2C(=O)[C@@H](CO)NC(=O)[C@@H](NC(=O)COCCOCCOCCNC(=O)CCCC[C@@H]2SC[C@@H]3NC(=O)N[C@@H]32)Cc2cn(nn2)CCCC[C@@H](C(N)=O)NC(=O)[C@H](Cc2ccc(F)cc2)NC1=O. The van der Waals surface area contributed by atoms with Crippen LogP contribution in [0.15, 0.2) is 60.9 Å². The predicted octanol–water partition coefficient (Wildman–Crippen LogP) is -1.60. The first-order valence-corrected chi connectivity index (χ1v) is 31.9. The van der Waals surface area contributed by atoms with E-state index in [0.717, 1.165) is 35.9 Å². The summed E-state index contributed by atoms with van der Waals surface area (Å²) in [6, 6.07) is 3.24. The van der Waals surface area contributed by atoms with E-state index in [1.165, 1.54) is 47.0 Å². The normalized spacial score (nSPS) is 24.8. The number of aryl methyl sites for hydroxylation is 1. The summed E-state index contributed by atoms with van der Waals surface area (Å²) in [5.74, 6) is -6.17. The Bertz CT molecular complexity index is 3170. The van der Waals surface area contributed by atoms with Gasteiger partial charge >= 0.3 is 6.03 Å². The average Bonchev–Trinajstić information content (AvgIpc) is 2.23. The standard InChI is InChI=1S/C60H82FN15O14S/c1-35-54(81)68-43(27-36-15-17-38(61)18-16-36)56(83)67-42(53(62)80)11-6-7-20-75-31-39(73-74-75)29-45(66-51(79)33-90-26-25-89-24-23-88-22-19-63-50(78)14-5-4-13-49-52-47(34-91-49)71-60(87)72-52)57(84)70-46(32-77)59(86)76-21-8-12-48(76)58(85)69-44(55(82)65-35)28-37-30-64-41-10-3-2-9-40(37)41/h2-3,9-10,15-18,30-31,35,42-49,52,64,77H,4-8,11-14,19-29,32-34H2,1H3,(H2,62,80)(H,63,78)(H,65,82)(H,66,79)(H,67,83)(H,68,81)(H,69,85)(H,70,84)(H2,71,72,87)/t35-,42+,43+,44-,45+,46-,47+,48-,49+,52+/m1/s1. The highest BCUT2D eigenvalue weighted by molar-refractivity contribution is 8.00. The molecule has 0 unspecified atom stereocenters. The Kier molecular flexibility index (Phi) is 25.8. The Hall–Kier alpha value is -8.26. The van der Waals surface area contributed by atoms with Crippen LogP contribution in [0.25, 0.3) is 10.9 Å². The summed E-state index contributed by atoms with van der Waals surface area (Å²) in [6.07, 6.45) is 6.88. The Balaban J connectivity index is 0.882. The first kappa shape index (κ1) is 68.6. The largest absolute Gasteiger partial charge is 0.394 e. The number of urea groups is 1. The van der Waals surface area contributed by atoms with Crippen molar-refractivity contribution < 1.29 is 71.7 Å². The molecule has 6 heterocycles. The molecule has 10 atom stereocenters. The topological polar surface area (TPSA) is 403 Å². The van der Waals surface area contributed by atoms with E-state index in [0.29, 0.717) is 48.6 Å². The number of nitrogens with one attached hydrogen (secondary N) is 10. The van der Waals surface area contributed by atoms with E-state index in [9.17, 15) is 57.4 Å². The summed E-state index contributed by atoms with van der Waals surface area (Å²) in [5, 5.41) is 44.7. The Morgan fingerprint density at radius 3 is 2.26 bits per heavy atom. The molecule has 3 saturated heterocycles. The zero-order valence-electron chi connectivity index (χ0n) is 50.7. The van der Waals surface area contributed by atoms with Crippen molar-refractivity contribution in [3.8, 4) is 0 Å². The summed E-state index contributed by atoms with van der Waals surface area (Å²) in [6.45, 7) is 1.35. The lowest BCUT2D eigenvalue weighted by Gasteiger charge is -2.30. The van der Waals surface area contributed by atoms with Gasteiger partial charge in [-0.1, -0.05) is 42.0 Å². The van der Waals surface area contributed by atoms with Gasteiger partial charge in [0, 0.05) is 79.6 Å². The highest BCUT2D eigenvalue weighted by Gasteiger charge is 2.43. The molecule has 2 aromatic heterocycles. The number of carbonyl (C=O) groups excluding carboxylic acids is 10. The number of aliphatic hydroxyl groups excluding tert-OH is 1. The summed E-state index contributed by atoms with van der Waals surface area (Å²) < 4.78 is 32.1. The summed E-state index contributed by atoms with van der Waals surface area (Å²) >= 11 is 1.85. The van der Waals surface area contributed by atoms with Gasteiger partial charge < -0.3 is 82.8 Å². The van der Waals surface area contributed by atoms with Crippen molar-refractivity contribution in [2.24, 2.45) is 5.73 Å². The van der Waals surface area contributed by atoms with Crippen molar-refractivity contribution in [1.29, 1.82) is 0 Å². The maximum Gasteiger partial charge on any atom is 0.315 e. The molecule has 4 aliphatic heterocycles. The summed E-state index contributed by atoms with van der Waals surface area (Å²) in [4.78, 5) is 140. The fourth-order valence-electron chi connectivity index (χ4n) is 11.3. The second kappa shape index (κ2) is 34.2. The molecule has 8 rings (SSSR count). The third-order valence-electron chi connectivity index (χ3n) is 16.2. The van der Waals surface area contributed by atoms with Gasteiger partial charge in [0.2, 0.25) is 53.2 Å². The van der Waals surface area contributed by atoms with Crippen LogP contribution in [0.3, 0.4) is 0 Å². The van der Waals surface area contributed by atoms with Crippen LogP contribution in [0.1, 0.15) is 81.5 Å². The van der Waals surface area contributed by atoms with Gasteiger partial charge in [0.1, 0.15) is 54.7 Å². The summed E-state index contributed by atoms with van der Waals surface area (Å²) in [5.41, 5.74) is 7.84. The highest BCUT2D eigenvalue weighted by Crippen LogP contribution is 2.33. The van der Waals surface area contributed by atoms with Crippen LogP contribution >= 0.6 is 11.8 Å². The van der Waals surface area contributed by atoms with Crippen LogP contribution in [-0.2, 0) is 83.2 Å². The number of ether oxygens (including phenoxy) is 3. The number of primary amides is 1. The molecule has 11 amide bonds. The van der Waals surface area contributed by atoms with Crippen molar-refractivity contribution in [3.05, 3.63) is 83.6 Å². The van der Waals surface area contributed by atoms with Crippen molar-refractivity contribution in [2.45, 2.75) is 150 Å². The maximum atomic E-state index is 14.4. The molecule has 0 spiro atoms. The van der Waals surface area contributed by atoms with Gasteiger partial charge in [0.25, 0.3) is 0 Å². The van der Waals surface area contributed by atoms with Gasteiger partial charge in [-0.05, 0) is 81.2 Å². The zero-order chi connectivity index (χ0) is 64.8. The zero-order valence-corrected chi connectivity index (χ0v) is 51.5. The van der Waals surface area contributed by atoms with Crippen LogP contribution in [-0.4, -0.2) is 214 Å². The third kappa shape index (κ3) is 20.4. The number of aliphatic hydroxyl groups is 1. The molecule has 31 heteroatoms. The second-order valence-corrected chi connectivity index (χ2v) is 24.2. The lowest BCUT2D eigenvalue weighted by molar-refractivity contribution is -0.143. The minimum Gasteiger partial charge on any atom is -0.394 e. The lowest BCUT2D eigenvalue weighted by atomic mass is 10.0. The first-order chi connectivity index (χ1) is 43.9. The monoisotopic (exact) mass is 1290 g/mol. The fourth-order valence-corrected chi connectivity index (χ4v) is 12.8.